The highest BCUT2D eigenvalue weighted by Gasteiger charge is 2.19. The van der Waals surface area contributed by atoms with Crippen LogP contribution in [0.1, 0.15) is 53.4 Å². The van der Waals surface area contributed by atoms with Gasteiger partial charge >= 0.3 is 6.09 Å². The van der Waals surface area contributed by atoms with Crippen LogP contribution in [0.2, 0.25) is 0 Å². The van der Waals surface area contributed by atoms with E-state index in [-0.39, 0.29) is 11.5 Å². The third kappa shape index (κ3) is 10.4. The normalized spacial score (nSPS) is 11.3. The van der Waals surface area contributed by atoms with Crippen LogP contribution >= 0.6 is 0 Å². The summed E-state index contributed by atoms with van der Waals surface area (Å²) in [5, 5.41) is 6.14. The van der Waals surface area contributed by atoms with Crippen LogP contribution in [0.3, 0.4) is 0 Å². The number of carbonyl (C=O) groups is 1. The molecule has 0 unspecified atom stereocenters. The molecule has 0 saturated carbocycles. The zero-order chi connectivity index (χ0) is 13.9. The summed E-state index contributed by atoms with van der Waals surface area (Å²) in [5.74, 6) is 0. The van der Waals surface area contributed by atoms with Crippen molar-refractivity contribution in [1.29, 1.82) is 0 Å². The average molecular weight is 258 g/mol. The van der Waals surface area contributed by atoms with E-state index in [1.807, 2.05) is 0 Å². The van der Waals surface area contributed by atoms with Crippen molar-refractivity contribution in [3.63, 3.8) is 0 Å². The van der Waals surface area contributed by atoms with Gasteiger partial charge in [-0.2, -0.15) is 0 Å². The van der Waals surface area contributed by atoms with E-state index in [1.54, 1.807) is 0 Å². The Morgan fingerprint density at radius 2 is 1.72 bits per heavy atom. The topological polar surface area (TPSA) is 50.4 Å². The zero-order valence-electron chi connectivity index (χ0n) is 12.5. The molecular formula is C14H30N2O2. The van der Waals surface area contributed by atoms with Gasteiger partial charge in [-0.15, -0.1) is 0 Å². The van der Waals surface area contributed by atoms with Crippen LogP contribution in [0.5, 0.6) is 0 Å². The van der Waals surface area contributed by atoms with Gasteiger partial charge in [-0.1, -0.05) is 40.5 Å². The molecule has 2 N–H and O–H groups in total. The smallest absolute Gasteiger partial charge is 0.407 e. The average Bonchev–Trinajstić information content (AvgIpc) is 2.33. The molecule has 18 heavy (non-hydrogen) atoms. The maximum Gasteiger partial charge on any atom is 0.407 e. The van der Waals surface area contributed by atoms with Gasteiger partial charge in [0.1, 0.15) is 0 Å². The Hall–Kier alpha value is -0.770. The fourth-order valence-electron chi connectivity index (χ4n) is 1.46. The third-order valence-electron chi connectivity index (χ3n) is 2.70. The van der Waals surface area contributed by atoms with Crippen molar-refractivity contribution in [3.05, 3.63) is 0 Å². The Morgan fingerprint density at radius 3 is 2.33 bits per heavy atom. The van der Waals surface area contributed by atoms with Gasteiger partial charge in [-0.25, -0.2) is 4.79 Å². The first-order valence-electron chi connectivity index (χ1n) is 7.13. The number of hydrogen-bond acceptors (Lipinski definition) is 3. The van der Waals surface area contributed by atoms with E-state index in [0.29, 0.717) is 13.2 Å². The highest BCUT2D eigenvalue weighted by molar-refractivity contribution is 5.67. The van der Waals surface area contributed by atoms with Gasteiger partial charge in [0.25, 0.3) is 0 Å². The van der Waals surface area contributed by atoms with E-state index in [1.165, 1.54) is 12.8 Å². The van der Waals surface area contributed by atoms with Gasteiger partial charge in [0.15, 0.2) is 0 Å². The van der Waals surface area contributed by atoms with Crippen molar-refractivity contribution in [2.75, 3.05) is 26.2 Å². The van der Waals surface area contributed by atoms with E-state index < -0.39 is 0 Å². The van der Waals surface area contributed by atoms with Gasteiger partial charge in [0, 0.05) is 18.5 Å². The molecule has 0 fully saturated rings. The molecule has 0 aromatic rings. The van der Waals surface area contributed by atoms with Crippen molar-refractivity contribution in [3.8, 4) is 0 Å². The van der Waals surface area contributed by atoms with Crippen LogP contribution in [0.25, 0.3) is 0 Å². The molecule has 0 aliphatic rings. The third-order valence-corrected chi connectivity index (χ3v) is 2.70. The number of nitrogens with one attached hydrogen (secondary N) is 2. The predicted octanol–water partition coefficient (Wildman–Crippen LogP) is 2.93. The number of carbonyl (C=O) groups excluding carboxylic acids is 1. The molecule has 108 valence electrons. The molecule has 0 radical (unpaired) electrons. The first-order valence-corrected chi connectivity index (χ1v) is 7.13. The first kappa shape index (κ1) is 17.2. The summed E-state index contributed by atoms with van der Waals surface area (Å²) >= 11 is 0. The van der Waals surface area contributed by atoms with Crippen molar-refractivity contribution in [2.24, 2.45) is 5.41 Å². The van der Waals surface area contributed by atoms with Gasteiger partial charge in [-0.3, -0.25) is 0 Å². The summed E-state index contributed by atoms with van der Waals surface area (Å²) in [5.41, 5.74) is -0.0180. The second-order valence-corrected chi connectivity index (χ2v) is 5.55. The summed E-state index contributed by atoms with van der Waals surface area (Å²) in [7, 11) is 0. The summed E-state index contributed by atoms with van der Waals surface area (Å²) in [4.78, 5) is 11.4. The molecule has 0 aliphatic heterocycles. The monoisotopic (exact) mass is 258 g/mol. The fourth-order valence-corrected chi connectivity index (χ4v) is 1.46. The number of alkyl carbamates (subject to hydrolysis) is 1. The maximum absolute atomic E-state index is 11.4. The largest absolute Gasteiger partial charge is 0.449 e. The molecule has 0 heterocycles. The van der Waals surface area contributed by atoms with Crippen molar-refractivity contribution in [1.82, 2.24) is 10.6 Å². The quantitative estimate of drug-likeness (QED) is 0.592. The molecule has 0 rings (SSSR count). The molecule has 0 aliphatic carbocycles. The first-order chi connectivity index (χ1) is 8.52. The van der Waals surface area contributed by atoms with Crippen LogP contribution in [0.15, 0.2) is 0 Å². The van der Waals surface area contributed by atoms with E-state index >= 15 is 0 Å². The lowest BCUT2D eigenvalue weighted by atomic mass is 9.95. The zero-order valence-corrected chi connectivity index (χ0v) is 12.5. The molecule has 0 aromatic carbocycles. The van der Waals surface area contributed by atoms with Gasteiger partial charge < -0.3 is 15.4 Å². The van der Waals surface area contributed by atoms with Crippen LogP contribution in [-0.4, -0.2) is 32.3 Å². The van der Waals surface area contributed by atoms with Crippen molar-refractivity contribution >= 4 is 6.09 Å². The highest BCUT2D eigenvalue weighted by atomic mass is 16.5. The van der Waals surface area contributed by atoms with Crippen LogP contribution in [0, 0.1) is 5.41 Å². The molecule has 0 atom stereocenters. The fraction of sp³-hybridized carbons (Fsp3) is 0.929. The summed E-state index contributed by atoms with van der Waals surface area (Å²) < 4.78 is 5.22. The number of rotatable bonds is 10. The Bertz CT molecular complexity index is 218. The lowest BCUT2D eigenvalue weighted by Crippen LogP contribution is -2.36. The second kappa shape index (κ2) is 10.2. The number of amides is 1. The molecule has 0 spiro atoms. The minimum atomic E-state index is -0.301. The van der Waals surface area contributed by atoms with E-state index in [9.17, 15) is 4.79 Å². The lowest BCUT2D eigenvalue weighted by molar-refractivity contribution is 0.0981. The van der Waals surface area contributed by atoms with Gasteiger partial charge in [0.05, 0.1) is 6.61 Å². The molecule has 1 amide bonds. The van der Waals surface area contributed by atoms with Gasteiger partial charge in [0.2, 0.25) is 0 Å². The molecule has 4 nitrogen and oxygen atoms in total. The van der Waals surface area contributed by atoms with E-state index in [0.717, 1.165) is 25.9 Å². The minimum Gasteiger partial charge on any atom is -0.449 e. The van der Waals surface area contributed by atoms with E-state index in [4.69, 9.17) is 4.74 Å². The number of unbranched alkanes of at least 4 members (excludes halogenated alkanes) is 2. The molecule has 0 bridgehead atoms. The standard InChI is InChI=1S/C14H30N2O2/c1-5-7-9-15-11-14(3,4)12-18-13(17)16-10-8-6-2/h15H,5-12H2,1-4H3,(H,16,17). The Kier molecular flexibility index (Phi) is 9.74. The summed E-state index contributed by atoms with van der Waals surface area (Å²) in [6.07, 6.45) is 4.16. The molecule has 0 aromatic heterocycles. The maximum atomic E-state index is 11.4. The van der Waals surface area contributed by atoms with E-state index in [2.05, 4.69) is 38.3 Å². The van der Waals surface area contributed by atoms with Crippen LogP contribution in [0.4, 0.5) is 4.79 Å². The van der Waals surface area contributed by atoms with Crippen LogP contribution < -0.4 is 10.6 Å². The van der Waals surface area contributed by atoms with Gasteiger partial charge in [-0.05, 0) is 19.4 Å². The summed E-state index contributed by atoms with van der Waals surface area (Å²) in [6, 6.07) is 0. The minimum absolute atomic E-state index is 0.0180. The number of hydrogen-bond donors (Lipinski definition) is 2. The van der Waals surface area contributed by atoms with Crippen molar-refractivity contribution < 1.29 is 9.53 Å². The highest BCUT2D eigenvalue weighted by Crippen LogP contribution is 2.13. The SMILES string of the molecule is CCCCNCC(C)(C)COC(=O)NCCCC. The predicted molar refractivity (Wildman–Crippen MR) is 75.8 cm³/mol. The molecular weight excluding hydrogens is 228 g/mol. The summed E-state index contributed by atoms with van der Waals surface area (Å²) in [6.45, 7) is 11.5. The van der Waals surface area contributed by atoms with Crippen LogP contribution in [-0.2, 0) is 4.74 Å². The Balaban J connectivity index is 3.64. The Labute approximate surface area is 112 Å². The number of ether oxygens (including phenoxy) is 1. The lowest BCUT2D eigenvalue weighted by Gasteiger charge is -2.24. The molecule has 0 saturated heterocycles. The Morgan fingerprint density at radius 1 is 1.11 bits per heavy atom. The second-order valence-electron chi connectivity index (χ2n) is 5.55. The van der Waals surface area contributed by atoms with Crippen molar-refractivity contribution in [2.45, 2.75) is 53.4 Å². The molecule has 4 heteroatoms.